The van der Waals surface area contributed by atoms with Crippen LogP contribution in [0.2, 0.25) is 0 Å². The average Bonchev–Trinajstić information content (AvgIpc) is 3.45. The van der Waals surface area contributed by atoms with Gasteiger partial charge >= 0.3 is 0 Å². The molecule has 5 atom stereocenters. The lowest BCUT2D eigenvalue weighted by Crippen LogP contribution is -2.61. The number of ether oxygens (including phenoxy) is 5. The van der Waals surface area contributed by atoms with Gasteiger partial charge in [-0.2, -0.15) is 0 Å². The fourth-order valence-corrected chi connectivity index (χ4v) is 7.40. The minimum atomic E-state index is -4.01. The highest BCUT2D eigenvalue weighted by Gasteiger charge is 2.65. The molecule has 1 aromatic carbocycles. The summed E-state index contributed by atoms with van der Waals surface area (Å²) in [6.07, 6.45) is 5.41. The summed E-state index contributed by atoms with van der Waals surface area (Å²) in [5, 5.41) is 0. The molecule has 0 radical (unpaired) electrons. The monoisotopic (exact) mass is 564 g/mol. The molecule has 5 fully saturated rings. The van der Waals surface area contributed by atoms with Gasteiger partial charge in [0, 0.05) is 25.7 Å². The van der Waals surface area contributed by atoms with E-state index in [0.29, 0.717) is 0 Å². The Morgan fingerprint density at radius 1 is 0.795 bits per heavy atom. The summed E-state index contributed by atoms with van der Waals surface area (Å²) in [6, 6.07) is 6.61. The average molecular weight is 565 g/mol. The quantitative estimate of drug-likeness (QED) is 0.533. The summed E-state index contributed by atoms with van der Waals surface area (Å²) in [5.74, 6) is -2.19. The Kier molecular flexibility index (Phi) is 7.10. The van der Waals surface area contributed by atoms with Gasteiger partial charge in [-0.3, -0.25) is 10.2 Å². The number of amides is 1. The molecular formula is C28H40N2O8S. The third-order valence-corrected chi connectivity index (χ3v) is 9.97. The molecule has 3 heterocycles. The van der Waals surface area contributed by atoms with Gasteiger partial charge in [-0.15, -0.1) is 4.83 Å². The van der Waals surface area contributed by atoms with Crippen molar-refractivity contribution in [3.63, 3.8) is 0 Å². The molecule has 6 rings (SSSR count). The van der Waals surface area contributed by atoms with E-state index in [1.54, 1.807) is 12.1 Å². The molecule has 2 aliphatic carbocycles. The van der Waals surface area contributed by atoms with Crippen LogP contribution in [-0.4, -0.2) is 56.6 Å². The van der Waals surface area contributed by atoms with Crippen LogP contribution in [0.4, 0.5) is 0 Å². The van der Waals surface area contributed by atoms with E-state index in [-0.39, 0.29) is 10.3 Å². The summed E-state index contributed by atoms with van der Waals surface area (Å²) >= 11 is 0. The van der Waals surface area contributed by atoms with Crippen molar-refractivity contribution in [1.29, 1.82) is 0 Å². The van der Waals surface area contributed by atoms with Crippen LogP contribution in [0.3, 0.4) is 0 Å². The van der Waals surface area contributed by atoms with Gasteiger partial charge in [0.2, 0.25) is 0 Å². The van der Waals surface area contributed by atoms with Gasteiger partial charge in [-0.25, -0.2) is 8.42 Å². The van der Waals surface area contributed by atoms with Crippen molar-refractivity contribution in [2.45, 2.75) is 138 Å². The number of benzene rings is 1. The Hall–Kier alpha value is -1.60. The number of sulfonamides is 1. The first kappa shape index (κ1) is 27.6. The molecule has 5 aliphatic rings. The molecule has 3 saturated heterocycles. The fourth-order valence-electron chi connectivity index (χ4n) is 6.55. The van der Waals surface area contributed by atoms with E-state index < -0.39 is 58.2 Å². The predicted molar refractivity (Wildman–Crippen MR) is 140 cm³/mol. The first-order valence-electron chi connectivity index (χ1n) is 14.3. The van der Waals surface area contributed by atoms with Crippen molar-refractivity contribution in [1.82, 2.24) is 10.3 Å². The van der Waals surface area contributed by atoms with E-state index in [9.17, 15) is 13.2 Å². The highest BCUT2D eigenvalue weighted by Crippen LogP contribution is 2.50. The molecule has 39 heavy (non-hydrogen) atoms. The molecule has 1 amide bonds. The van der Waals surface area contributed by atoms with Gasteiger partial charge in [-0.05, 0) is 48.8 Å². The van der Waals surface area contributed by atoms with Gasteiger partial charge < -0.3 is 23.7 Å². The number of carbonyl (C=O) groups is 1. The second-order valence-electron chi connectivity index (χ2n) is 12.6. The van der Waals surface area contributed by atoms with E-state index >= 15 is 0 Å². The lowest BCUT2D eigenvalue weighted by atomic mass is 9.87. The zero-order valence-electron chi connectivity index (χ0n) is 22.9. The van der Waals surface area contributed by atoms with Crippen molar-refractivity contribution < 1.29 is 36.9 Å². The number of hydrogen-bond donors (Lipinski definition) is 2. The fraction of sp³-hybridized carbons (Fsp3) is 0.750. The van der Waals surface area contributed by atoms with Gasteiger partial charge in [-0.1, -0.05) is 45.7 Å². The standard InChI is InChI=1S/C28H40N2O8S/c1-26(2,3)18-10-12-19(13-11-18)39(32,33)30-29-24(31)22-20-21(36-27(35-20)14-6-4-7-15-27)23-25(34-22)38-28(37-23)16-8-5-9-17-28/h10-13,20-23,25,30H,4-9,14-17H2,1-3H3,(H,29,31)/t20-,21+,22+,23+,25+/m0/s1. The molecule has 216 valence electrons. The minimum Gasteiger partial charge on any atom is -0.341 e. The SMILES string of the molecule is CC(C)(C)c1ccc(S(=O)(=O)NNC(=O)[C@@H]2O[C@@H]3OC4(CCCCC4)O[C@@H]3[C@@H]3OC4(CCCCC4)O[C@@H]32)cc1. The Morgan fingerprint density at radius 2 is 1.33 bits per heavy atom. The molecule has 1 aromatic rings. The highest BCUT2D eigenvalue weighted by atomic mass is 32.2. The van der Waals surface area contributed by atoms with Crippen LogP contribution in [0.25, 0.3) is 0 Å². The van der Waals surface area contributed by atoms with Crippen LogP contribution in [0.1, 0.15) is 90.5 Å². The molecule has 2 saturated carbocycles. The minimum absolute atomic E-state index is 0.0478. The van der Waals surface area contributed by atoms with Crippen LogP contribution in [-0.2, 0) is 43.9 Å². The first-order chi connectivity index (χ1) is 18.5. The highest BCUT2D eigenvalue weighted by molar-refractivity contribution is 7.89. The largest absolute Gasteiger partial charge is 0.341 e. The van der Waals surface area contributed by atoms with E-state index in [2.05, 4.69) is 31.0 Å². The van der Waals surface area contributed by atoms with Crippen molar-refractivity contribution in [2.24, 2.45) is 0 Å². The van der Waals surface area contributed by atoms with Gasteiger partial charge in [0.1, 0.15) is 18.3 Å². The van der Waals surface area contributed by atoms with Crippen LogP contribution in [0.5, 0.6) is 0 Å². The lowest BCUT2D eigenvalue weighted by Gasteiger charge is -2.36. The Labute approximate surface area is 230 Å². The third-order valence-electron chi connectivity index (χ3n) is 8.71. The number of nitrogens with one attached hydrogen (secondary N) is 2. The van der Waals surface area contributed by atoms with E-state index in [1.165, 1.54) is 12.1 Å². The third kappa shape index (κ3) is 5.27. The van der Waals surface area contributed by atoms with Gasteiger partial charge in [0.15, 0.2) is 24.0 Å². The summed E-state index contributed by atoms with van der Waals surface area (Å²) in [6.45, 7) is 6.16. The number of carbonyl (C=O) groups excluding carboxylic acids is 1. The number of fused-ring (bicyclic) bond motifs is 3. The summed E-state index contributed by atoms with van der Waals surface area (Å²) in [7, 11) is -4.01. The van der Waals surface area contributed by atoms with Crippen molar-refractivity contribution >= 4 is 15.9 Å². The number of hydrogen-bond acceptors (Lipinski definition) is 8. The maximum absolute atomic E-state index is 13.4. The van der Waals surface area contributed by atoms with Crippen LogP contribution < -0.4 is 10.3 Å². The molecule has 3 aliphatic heterocycles. The topological polar surface area (TPSA) is 121 Å². The number of rotatable bonds is 4. The van der Waals surface area contributed by atoms with Crippen LogP contribution >= 0.6 is 0 Å². The van der Waals surface area contributed by atoms with Crippen molar-refractivity contribution in [3.8, 4) is 0 Å². The van der Waals surface area contributed by atoms with E-state index in [0.717, 1.165) is 69.8 Å². The Balaban J connectivity index is 1.19. The first-order valence-corrected chi connectivity index (χ1v) is 15.8. The predicted octanol–water partition coefficient (Wildman–Crippen LogP) is 3.54. The maximum atomic E-state index is 13.4. The molecule has 0 unspecified atom stereocenters. The van der Waals surface area contributed by atoms with Crippen LogP contribution in [0.15, 0.2) is 29.2 Å². The van der Waals surface area contributed by atoms with Gasteiger partial charge in [0.25, 0.3) is 15.9 Å². The smallest absolute Gasteiger partial charge is 0.267 e. The van der Waals surface area contributed by atoms with E-state index in [4.69, 9.17) is 23.7 Å². The van der Waals surface area contributed by atoms with Gasteiger partial charge in [0.05, 0.1) is 4.90 Å². The Morgan fingerprint density at radius 3 is 1.92 bits per heavy atom. The van der Waals surface area contributed by atoms with Crippen LogP contribution in [0, 0.1) is 0 Å². The molecule has 0 bridgehead atoms. The normalized spacial score (nSPS) is 33.6. The number of hydrazine groups is 1. The molecule has 11 heteroatoms. The zero-order chi connectivity index (χ0) is 27.5. The van der Waals surface area contributed by atoms with Crippen molar-refractivity contribution in [3.05, 3.63) is 29.8 Å². The summed E-state index contributed by atoms with van der Waals surface area (Å²) in [5.41, 5.74) is 3.25. The summed E-state index contributed by atoms with van der Waals surface area (Å²) in [4.78, 5) is 15.7. The molecular weight excluding hydrogens is 524 g/mol. The molecule has 2 N–H and O–H groups in total. The second-order valence-corrected chi connectivity index (χ2v) is 14.3. The Bertz CT molecular complexity index is 1170. The summed E-state index contributed by atoms with van der Waals surface area (Å²) < 4.78 is 57.9. The molecule has 10 nitrogen and oxygen atoms in total. The van der Waals surface area contributed by atoms with Crippen molar-refractivity contribution in [2.75, 3.05) is 0 Å². The zero-order valence-corrected chi connectivity index (χ0v) is 23.8. The maximum Gasteiger partial charge on any atom is 0.267 e. The lowest BCUT2D eigenvalue weighted by molar-refractivity contribution is -0.247. The second kappa shape index (κ2) is 10.0. The molecule has 0 aromatic heterocycles. The molecule has 2 spiro atoms. The van der Waals surface area contributed by atoms with E-state index in [1.807, 2.05) is 0 Å².